The van der Waals surface area contributed by atoms with E-state index in [4.69, 9.17) is 0 Å². The highest BCUT2D eigenvalue weighted by Crippen LogP contribution is 2.45. The standard InChI is InChI=1S/C23H29O2S2/c24-27(25,16-21-13-17-3-5-18(21)6-4-17)23-10-8-19-14-22(9-7-20(19)15-23)26-11-1-2-12-26/h7-10,14-15,17-18,21H,1-6,11-13,16H2/q+1. The summed E-state index contributed by atoms with van der Waals surface area (Å²) in [7, 11) is -2.79. The Hall–Kier alpha value is -1.00. The lowest BCUT2D eigenvalue weighted by atomic mass is 9.65. The van der Waals surface area contributed by atoms with Gasteiger partial charge in [-0.05, 0) is 84.9 Å². The molecule has 0 spiro atoms. The molecule has 1 saturated heterocycles. The van der Waals surface area contributed by atoms with Gasteiger partial charge in [0.1, 0.15) is 11.5 Å². The van der Waals surface area contributed by atoms with Gasteiger partial charge in [0.25, 0.3) is 0 Å². The summed E-state index contributed by atoms with van der Waals surface area (Å²) in [4.78, 5) is 1.97. The molecule has 4 fully saturated rings. The van der Waals surface area contributed by atoms with Gasteiger partial charge in [-0.15, -0.1) is 0 Å². The van der Waals surface area contributed by atoms with E-state index in [-0.39, 0.29) is 0 Å². The molecule has 0 amide bonds. The van der Waals surface area contributed by atoms with Crippen molar-refractivity contribution in [1.82, 2.24) is 0 Å². The van der Waals surface area contributed by atoms with Gasteiger partial charge in [-0.3, -0.25) is 0 Å². The maximum absolute atomic E-state index is 13.1. The van der Waals surface area contributed by atoms with Crippen LogP contribution in [0, 0.1) is 17.8 Å². The summed E-state index contributed by atoms with van der Waals surface area (Å²) in [6, 6.07) is 12.4. The van der Waals surface area contributed by atoms with Crippen molar-refractivity contribution in [3.63, 3.8) is 0 Å². The predicted octanol–water partition coefficient (Wildman–Crippen LogP) is 5.21. The van der Waals surface area contributed by atoms with Crippen molar-refractivity contribution in [2.45, 2.75) is 54.7 Å². The van der Waals surface area contributed by atoms with Crippen molar-refractivity contribution in [1.29, 1.82) is 0 Å². The molecule has 4 heteroatoms. The third kappa shape index (κ3) is 3.55. The Balaban J connectivity index is 1.39. The third-order valence-electron chi connectivity index (χ3n) is 7.13. The second-order valence-corrected chi connectivity index (χ2v) is 13.1. The van der Waals surface area contributed by atoms with Crippen LogP contribution in [0.25, 0.3) is 10.8 Å². The fourth-order valence-electron chi connectivity index (χ4n) is 5.56. The SMILES string of the molecule is O=S(=O)(CC1CC2CCC1CC2)c1ccc2cc([S+]3CCCC3)ccc2c1. The van der Waals surface area contributed by atoms with Crippen molar-refractivity contribution in [2.24, 2.45) is 17.8 Å². The highest BCUT2D eigenvalue weighted by atomic mass is 32.2. The normalized spacial score (nSPS) is 28.8. The zero-order valence-corrected chi connectivity index (χ0v) is 17.5. The third-order valence-corrected chi connectivity index (χ3v) is 11.5. The van der Waals surface area contributed by atoms with Gasteiger partial charge in [0, 0.05) is 17.0 Å². The van der Waals surface area contributed by atoms with Crippen LogP contribution in [0.15, 0.2) is 46.2 Å². The van der Waals surface area contributed by atoms with E-state index in [1.54, 1.807) is 0 Å². The number of hydrogen-bond donors (Lipinski definition) is 0. The van der Waals surface area contributed by atoms with Crippen LogP contribution >= 0.6 is 0 Å². The lowest BCUT2D eigenvalue weighted by Crippen LogP contribution is -2.35. The van der Waals surface area contributed by atoms with Gasteiger partial charge in [0.15, 0.2) is 14.7 Å². The van der Waals surface area contributed by atoms with Gasteiger partial charge in [-0.1, -0.05) is 18.9 Å². The molecule has 2 bridgehead atoms. The van der Waals surface area contributed by atoms with E-state index in [2.05, 4.69) is 18.2 Å². The van der Waals surface area contributed by atoms with Crippen LogP contribution in [-0.4, -0.2) is 25.7 Å². The molecule has 1 heterocycles. The lowest BCUT2D eigenvalue weighted by molar-refractivity contribution is 0.113. The molecular weight excluding hydrogens is 372 g/mol. The number of fused-ring (bicyclic) bond motifs is 4. The van der Waals surface area contributed by atoms with Crippen LogP contribution in [0.5, 0.6) is 0 Å². The largest absolute Gasteiger partial charge is 0.224 e. The van der Waals surface area contributed by atoms with Crippen LogP contribution in [0.2, 0.25) is 0 Å². The maximum Gasteiger partial charge on any atom is 0.178 e. The summed E-state index contributed by atoms with van der Waals surface area (Å²) in [5.41, 5.74) is 0. The van der Waals surface area contributed by atoms with Gasteiger partial charge in [-0.25, -0.2) is 8.42 Å². The minimum atomic E-state index is -3.20. The zero-order chi connectivity index (χ0) is 18.4. The fraction of sp³-hybridized carbons (Fsp3) is 0.565. The Morgan fingerprint density at radius 3 is 2.30 bits per heavy atom. The van der Waals surface area contributed by atoms with E-state index >= 15 is 0 Å². The van der Waals surface area contributed by atoms with E-state index in [1.807, 2.05) is 18.2 Å². The van der Waals surface area contributed by atoms with Crippen molar-refractivity contribution in [3.05, 3.63) is 36.4 Å². The molecule has 3 aliphatic carbocycles. The van der Waals surface area contributed by atoms with Gasteiger partial charge in [0.2, 0.25) is 0 Å². The highest BCUT2D eigenvalue weighted by Gasteiger charge is 2.38. The molecule has 3 saturated carbocycles. The monoisotopic (exact) mass is 401 g/mol. The Kier molecular flexibility index (Phi) is 4.76. The molecule has 0 radical (unpaired) electrons. The molecular formula is C23H29O2S2+. The first-order valence-corrected chi connectivity index (χ1v) is 13.7. The van der Waals surface area contributed by atoms with Crippen molar-refractivity contribution < 1.29 is 8.42 Å². The van der Waals surface area contributed by atoms with Crippen molar-refractivity contribution >= 4 is 31.5 Å². The van der Waals surface area contributed by atoms with E-state index in [0.717, 1.165) is 17.7 Å². The van der Waals surface area contributed by atoms with Crippen molar-refractivity contribution in [2.75, 3.05) is 17.3 Å². The zero-order valence-electron chi connectivity index (χ0n) is 15.9. The number of sulfone groups is 1. The van der Waals surface area contributed by atoms with Gasteiger partial charge < -0.3 is 0 Å². The summed E-state index contributed by atoms with van der Waals surface area (Å²) < 4.78 is 26.2. The van der Waals surface area contributed by atoms with Gasteiger partial charge in [0.05, 0.1) is 10.6 Å². The first-order chi connectivity index (χ1) is 13.1. The molecule has 4 aliphatic rings. The second-order valence-electron chi connectivity index (χ2n) is 8.84. The number of rotatable bonds is 4. The first-order valence-electron chi connectivity index (χ1n) is 10.5. The lowest BCUT2D eigenvalue weighted by Gasteiger charge is -2.42. The Morgan fingerprint density at radius 1 is 0.889 bits per heavy atom. The smallest absolute Gasteiger partial charge is 0.178 e. The molecule has 144 valence electrons. The molecule has 0 N–H and O–H groups in total. The molecule has 2 aromatic rings. The van der Waals surface area contributed by atoms with E-state index in [9.17, 15) is 8.42 Å². The summed E-state index contributed by atoms with van der Waals surface area (Å²) in [6.07, 6.45) is 8.95. The fourth-order valence-corrected chi connectivity index (χ4v) is 9.64. The minimum absolute atomic E-state index is 0.348. The van der Waals surface area contributed by atoms with Crippen LogP contribution < -0.4 is 0 Å². The summed E-state index contributed by atoms with van der Waals surface area (Å²) in [5, 5.41) is 2.25. The Bertz CT molecular complexity index is 936. The summed E-state index contributed by atoms with van der Waals surface area (Å²) >= 11 is 0. The number of hydrogen-bond acceptors (Lipinski definition) is 2. The van der Waals surface area contributed by atoms with E-state index in [1.165, 1.54) is 60.3 Å². The average molecular weight is 402 g/mol. The minimum Gasteiger partial charge on any atom is -0.224 e. The molecule has 2 aromatic carbocycles. The van der Waals surface area contributed by atoms with Gasteiger partial charge in [-0.2, -0.15) is 0 Å². The Labute approximate surface area is 166 Å². The van der Waals surface area contributed by atoms with Crippen LogP contribution in [0.3, 0.4) is 0 Å². The van der Waals surface area contributed by atoms with Crippen LogP contribution in [0.4, 0.5) is 0 Å². The molecule has 0 aromatic heterocycles. The molecule has 27 heavy (non-hydrogen) atoms. The van der Waals surface area contributed by atoms with E-state index in [0.29, 0.717) is 33.4 Å². The molecule has 6 rings (SSSR count). The average Bonchev–Trinajstić information content (AvgIpc) is 3.22. The van der Waals surface area contributed by atoms with Crippen LogP contribution in [-0.2, 0) is 20.7 Å². The highest BCUT2D eigenvalue weighted by molar-refractivity contribution is 7.97. The molecule has 2 nitrogen and oxygen atoms in total. The van der Waals surface area contributed by atoms with Crippen LogP contribution in [0.1, 0.15) is 44.9 Å². The first kappa shape index (κ1) is 18.1. The Morgan fingerprint density at radius 2 is 1.59 bits per heavy atom. The summed E-state index contributed by atoms with van der Waals surface area (Å²) in [5.74, 6) is 4.79. The predicted molar refractivity (Wildman–Crippen MR) is 114 cm³/mol. The topological polar surface area (TPSA) is 34.1 Å². The van der Waals surface area contributed by atoms with Crippen molar-refractivity contribution in [3.8, 4) is 0 Å². The maximum atomic E-state index is 13.1. The molecule has 1 aliphatic heterocycles. The quantitative estimate of drug-likeness (QED) is 0.659. The summed E-state index contributed by atoms with van der Waals surface area (Å²) in [6.45, 7) is 0. The van der Waals surface area contributed by atoms with Gasteiger partial charge >= 0.3 is 0 Å². The molecule has 1 unspecified atom stereocenters. The second kappa shape index (κ2) is 7.11. The molecule has 1 atom stereocenters. The van der Waals surface area contributed by atoms with E-state index < -0.39 is 9.84 Å². The number of benzene rings is 2.